The van der Waals surface area contributed by atoms with Crippen LogP contribution < -0.4 is 0 Å². The normalized spacial score (nSPS) is 24.9. The Morgan fingerprint density at radius 3 is 2.65 bits per heavy atom. The van der Waals surface area contributed by atoms with Crippen molar-refractivity contribution in [1.29, 1.82) is 0 Å². The molecule has 0 aromatic carbocycles. The van der Waals surface area contributed by atoms with Crippen LogP contribution in [0.3, 0.4) is 0 Å². The number of aliphatic hydroxyl groups is 1. The minimum absolute atomic E-state index is 0.120. The van der Waals surface area contributed by atoms with Crippen LogP contribution in [0.5, 0.6) is 0 Å². The van der Waals surface area contributed by atoms with Crippen molar-refractivity contribution < 1.29 is 5.11 Å². The van der Waals surface area contributed by atoms with Gasteiger partial charge in [-0.1, -0.05) is 39.0 Å². The second-order valence-electron chi connectivity index (χ2n) is 7.16. The van der Waals surface area contributed by atoms with E-state index in [1.54, 1.807) is 0 Å². The summed E-state index contributed by atoms with van der Waals surface area (Å²) in [7, 11) is 0. The van der Waals surface area contributed by atoms with Gasteiger partial charge in [-0.3, -0.25) is 4.68 Å². The van der Waals surface area contributed by atoms with Gasteiger partial charge in [-0.05, 0) is 37.2 Å². The van der Waals surface area contributed by atoms with E-state index in [1.165, 1.54) is 44.9 Å². The third kappa shape index (κ3) is 2.93. The SMILES string of the molecule is CC1(C(O)Cc2ccn(C3CCCCC3)n2)CCCC1. The van der Waals surface area contributed by atoms with Crippen LogP contribution in [-0.4, -0.2) is 21.0 Å². The average Bonchev–Trinajstić information content (AvgIpc) is 3.10. The minimum atomic E-state index is -0.236. The van der Waals surface area contributed by atoms with Crippen LogP contribution in [0.4, 0.5) is 0 Å². The van der Waals surface area contributed by atoms with Gasteiger partial charge in [-0.2, -0.15) is 5.10 Å². The largest absolute Gasteiger partial charge is 0.392 e. The van der Waals surface area contributed by atoms with Gasteiger partial charge in [-0.15, -0.1) is 0 Å². The summed E-state index contributed by atoms with van der Waals surface area (Å²) in [6.45, 7) is 2.24. The molecule has 2 fully saturated rings. The maximum absolute atomic E-state index is 10.5. The summed E-state index contributed by atoms with van der Waals surface area (Å²) in [4.78, 5) is 0. The predicted octanol–water partition coefficient (Wildman–Crippen LogP) is 3.87. The molecule has 1 heterocycles. The Balaban J connectivity index is 1.61. The molecule has 0 spiro atoms. The Kier molecular flexibility index (Phi) is 4.16. The van der Waals surface area contributed by atoms with Crippen LogP contribution >= 0.6 is 0 Å². The molecule has 0 radical (unpaired) electrons. The number of aliphatic hydroxyl groups excluding tert-OH is 1. The van der Waals surface area contributed by atoms with Gasteiger partial charge in [0.2, 0.25) is 0 Å². The molecule has 2 aliphatic carbocycles. The summed E-state index contributed by atoms with van der Waals surface area (Å²) in [5, 5.41) is 15.3. The first-order valence-electron chi connectivity index (χ1n) is 8.39. The molecule has 112 valence electrons. The van der Waals surface area contributed by atoms with Crippen LogP contribution in [0.2, 0.25) is 0 Å². The second-order valence-corrected chi connectivity index (χ2v) is 7.16. The van der Waals surface area contributed by atoms with Crippen LogP contribution in [-0.2, 0) is 6.42 Å². The Morgan fingerprint density at radius 1 is 1.25 bits per heavy atom. The first kappa shape index (κ1) is 14.1. The van der Waals surface area contributed by atoms with Crippen LogP contribution in [0.1, 0.15) is 76.4 Å². The summed E-state index contributed by atoms with van der Waals surface area (Å²) >= 11 is 0. The van der Waals surface area contributed by atoms with E-state index < -0.39 is 0 Å². The zero-order valence-corrected chi connectivity index (χ0v) is 12.7. The van der Waals surface area contributed by atoms with Gasteiger partial charge in [-0.25, -0.2) is 0 Å². The van der Waals surface area contributed by atoms with E-state index in [9.17, 15) is 5.11 Å². The topological polar surface area (TPSA) is 38.0 Å². The molecular weight excluding hydrogens is 248 g/mol. The van der Waals surface area contributed by atoms with E-state index in [0.717, 1.165) is 25.0 Å². The maximum atomic E-state index is 10.5. The highest BCUT2D eigenvalue weighted by atomic mass is 16.3. The number of nitrogens with zero attached hydrogens (tertiary/aromatic N) is 2. The highest BCUT2D eigenvalue weighted by Gasteiger charge is 2.36. The Bertz CT molecular complexity index is 428. The number of aromatic nitrogens is 2. The summed E-state index contributed by atoms with van der Waals surface area (Å²) in [5.74, 6) is 0. The summed E-state index contributed by atoms with van der Waals surface area (Å²) in [5.41, 5.74) is 1.19. The van der Waals surface area contributed by atoms with Crippen molar-refractivity contribution in [2.75, 3.05) is 0 Å². The molecule has 0 aliphatic heterocycles. The fourth-order valence-corrected chi connectivity index (χ4v) is 4.00. The highest BCUT2D eigenvalue weighted by Crippen LogP contribution is 2.41. The van der Waals surface area contributed by atoms with Crippen molar-refractivity contribution in [1.82, 2.24) is 9.78 Å². The van der Waals surface area contributed by atoms with Crippen LogP contribution in [0.15, 0.2) is 12.3 Å². The highest BCUT2D eigenvalue weighted by molar-refractivity contribution is 5.04. The molecule has 1 aromatic heterocycles. The zero-order valence-electron chi connectivity index (χ0n) is 12.7. The number of hydrogen-bond donors (Lipinski definition) is 1. The lowest BCUT2D eigenvalue weighted by molar-refractivity contribution is 0.0414. The standard InChI is InChI=1S/C17H28N2O/c1-17(10-5-6-11-17)16(20)13-14-9-12-19(18-14)15-7-3-2-4-8-15/h9,12,15-16,20H,2-8,10-11,13H2,1H3. The Labute approximate surface area is 122 Å². The first-order valence-corrected chi connectivity index (χ1v) is 8.39. The molecule has 0 bridgehead atoms. The van der Waals surface area contributed by atoms with Gasteiger partial charge in [0.05, 0.1) is 17.8 Å². The second kappa shape index (κ2) is 5.88. The maximum Gasteiger partial charge on any atom is 0.0650 e. The monoisotopic (exact) mass is 276 g/mol. The van der Waals surface area contributed by atoms with Crippen molar-refractivity contribution in [3.8, 4) is 0 Å². The summed E-state index contributed by atoms with van der Waals surface area (Å²) in [6, 6.07) is 2.70. The third-order valence-corrected chi connectivity index (χ3v) is 5.57. The number of hydrogen-bond acceptors (Lipinski definition) is 2. The Morgan fingerprint density at radius 2 is 1.95 bits per heavy atom. The lowest BCUT2D eigenvalue weighted by Gasteiger charge is -2.29. The number of rotatable bonds is 4. The van der Waals surface area contributed by atoms with Crippen molar-refractivity contribution in [2.24, 2.45) is 5.41 Å². The van der Waals surface area contributed by atoms with E-state index in [-0.39, 0.29) is 11.5 Å². The van der Waals surface area contributed by atoms with Gasteiger partial charge in [0.1, 0.15) is 0 Å². The van der Waals surface area contributed by atoms with Crippen molar-refractivity contribution >= 4 is 0 Å². The van der Waals surface area contributed by atoms with Gasteiger partial charge >= 0.3 is 0 Å². The Hall–Kier alpha value is -0.830. The molecule has 2 aliphatic rings. The molecule has 3 heteroatoms. The minimum Gasteiger partial charge on any atom is -0.392 e. The van der Waals surface area contributed by atoms with Gasteiger partial charge in [0.25, 0.3) is 0 Å². The fraction of sp³-hybridized carbons (Fsp3) is 0.824. The predicted molar refractivity (Wildman–Crippen MR) is 80.6 cm³/mol. The quantitative estimate of drug-likeness (QED) is 0.906. The van der Waals surface area contributed by atoms with Crippen molar-refractivity contribution in [2.45, 2.75) is 83.3 Å². The van der Waals surface area contributed by atoms with E-state index in [0.29, 0.717) is 6.04 Å². The van der Waals surface area contributed by atoms with E-state index in [4.69, 9.17) is 5.10 Å². The van der Waals surface area contributed by atoms with Crippen LogP contribution in [0, 0.1) is 5.41 Å². The molecule has 0 saturated heterocycles. The summed E-state index contributed by atoms with van der Waals surface area (Å²) < 4.78 is 2.15. The average molecular weight is 276 g/mol. The molecule has 1 N–H and O–H groups in total. The third-order valence-electron chi connectivity index (χ3n) is 5.57. The van der Waals surface area contributed by atoms with Crippen molar-refractivity contribution in [3.63, 3.8) is 0 Å². The molecule has 0 amide bonds. The van der Waals surface area contributed by atoms with E-state index in [2.05, 4.69) is 23.9 Å². The van der Waals surface area contributed by atoms with Gasteiger partial charge in [0.15, 0.2) is 0 Å². The van der Waals surface area contributed by atoms with Gasteiger partial charge < -0.3 is 5.11 Å². The summed E-state index contributed by atoms with van der Waals surface area (Å²) in [6.07, 6.45) is 14.0. The van der Waals surface area contributed by atoms with E-state index in [1.807, 2.05) is 0 Å². The molecule has 3 rings (SSSR count). The molecule has 1 atom stereocenters. The lowest BCUT2D eigenvalue weighted by atomic mass is 9.80. The van der Waals surface area contributed by atoms with Crippen LogP contribution in [0.25, 0.3) is 0 Å². The fourth-order valence-electron chi connectivity index (χ4n) is 4.00. The lowest BCUT2D eigenvalue weighted by Crippen LogP contribution is -2.31. The zero-order chi connectivity index (χ0) is 14.0. The van der Waals surface area contributed by atoms with E-state index >= 15 is 0 Å². The molecule has 3 nitrogen and oxygen atoms in total. The molecule has 2 saturated carbocycles. The van der Waals surface area contributed by atoms with Crippen molar-refractivity contribution in [3.05, 3.63) is 18.0 Å². The molecular formula is C17H28N2O. The smallest absolute Gasteiger partial charge is 0.0650 e. The molecule has 1 unspecified atom stereocenters. The van der Waals surface area contributed by atoms with Gasteiger partial charge in [0, 0.05) is 12.6 Å². The molecule has 1 aromatic rings. The first-order chi connectivity index (χ1) is 9.67. The molecule has 20 heavy (non-hydrogen) atoms.